The Balaban J connectivity index is 2.33. The molecule has 118 valence electrons. The maximum atomic E-state index is 12.2. The summed E-state index contributed by atoms with van der Waals surface area (Å²) in [6.45, 7) is 0. The van der Waals surface area contributed by atoms with Gasteiger partial charge in [-0.3, -0.25) is 19.7 Å². The number of benzene rings is 2. The molecular weight excluding hydrogens is 390 g/mol. The summed E-state index contributed by atoms with van der Waals surface area (Å²) in [6, 6.07) is 8.11. The summed E-state index contributed by atoms with van der Waals surface area (Å²) < 4.78 is 0.257. The van der Waals surface area contributed by atoms with E-state index in [0.29, 0.717) is 0 Å². The molecule has 7 nitrogen and oxygen atoms in total. The number of nitro benzene ring substituents is 1. The van der Waals surface area contributed by atoms with Gasteiger partial charge in [-0.2, -0.15) is 0 Å². The number of carbonyl (C=O) groups excluding carboxylic acids is 2. The van der Waals surface area contributed by atoms with Crippen molar-refractivity contribution in [2.24, 2.45) is 5.73 Å². The molecule has 0 saturated heterocycles. The molecule has 2 amide bonds. The second kappa shape index (κ2) is 6.76. The highest BCUT2D eigenvalue weighted by atomic mass is 79.9. The number of halogens is 2. The van der Waals surface area contributed by atoms with Gasteiger partial charge in [0.15, 0.2) is 0 Å². The van der Waals surface area contributed by atoms with E-state index in [1.807, 2.05) is 0 Å². The Morgan fingerprint density at radius 3 is 2.43 bits per heavy atom. The van der Waals surface area contributed by atoms with E-state index in [4.69, 9.17) is 17.3 Å². The molecule has 0 saturated carbocycles. The average Bonchev–Trinajstić information content (AvgIpc) is 2.49. The lowest BCUT2D eigenvalue weighted by molar-refractivity contribution is -0.385. The molecule has 0 aliphatic heterocycles. The van der Waals surface area contributed by atoms with Crippen LogP contribution in [0.15, 0.2) is 40.9 Å². The number of nitro groups is 1. The van der Waals surface area contributed by atoms with E-state index in [2.05, 4.69) is 21.2 Å². The molecule has 9 heteroatoms. The van der Waals surface area contributed by atoms with Gasteiger partial charge >= 0.3 is 0 Å². The normalized spacial score (nSPS) is 10.2. The predicted molar refractivity (Wildman–Crippen MR) is 88.7 cm³/mol. The molecule has 0 aromatic heterocycles. The third-order valence-corrected chi connectivity index (χ3v) is 3.90. The van der Waals surface area contributed by atoms with Crippen molar-refractivity contribution in [3.63, 3.8) is 0 Å². The van der Waals surface area contributed by atoms with E-state index in [0.717, 1.165) is 6.07 Å². The maximum absolute atomic E-state index is 12.2. The van der Waals surface area contributed by atoms with Crippen molar-refractivity contribution in [3.8, 4) is 0 Å². The number of rotatable bonds is 4. The van der Waals surface area contributed by atoms with E-state index >= 15 is 0 Å². The summed E-state index contributed by atoms with van der Waals surface area (Å²) in [4.78, 5) is 33.7. The van der Waals surface area contributed by atoms with Crippen molar-refractivity contribution in [1.29, 1.82) is 0 Å². The zero-order valence-electron chi connectivity index (χ0n) is 11.4. The molecule has 0 aliphatic rings. The molecule has 2 aromatic rings. The average molecular weight is 399 g/mol. The maximum Gasteiger partial charge on any atom is 0.284 e. The van der Waals surface area contributed by atoms with Crippen LogP contribution in [0.4, 0.5) is 11.4 Å². The highest BCUT2D eigenvalue weighted by molar-refractivity contribution is 9.10. The number of nitrogens with two attached hydrogens (primary N) is 1. The van der Waals surface area contributed by atoms with Crippen LogP contribution >= 0.6 is 27.5 Å². The minimum Gasteiger partial charge on any atom is -0.366 e. The highest BCUT2D eigenvalue weighted by Crippen LogP contribution is 2.27. The SMILES string of the molecule is NC(=O)c1ccc(Cl)c(NC(=O)c2ccc(Br)c([N+](=O)[O-])c2)c1. The van der Waals surface area contributed by atoms with Gasteiger partial charge in [-0.25, -0.2) is 0 Å². The van der Waals surface area contributed by atoms with Crippen molar-refractivity contribution in [2.75, 3.05) is 5.32 Å². The number of nitrogens with one attached hydrogen (secondary N) is 1. The molecule has 0 fully saturated rings. The third-order valence-electron chi connectivity index (χ3n) is 2.90. The number of primary amides is 1. The van der Waals surface area contributed by atoms with Crippen LogP contribution in [-0.4, -0.2) is 16.7 Å². The minimum absolute atomic E-state index is 0.0699. The van der Waals surface area contributed by atoms with Crippen LogP contribution in [0.25, 0.3) is 0 Å². The summed E-state index contributed by atoms with van der Waals surface area (Å²) >= 11 is 9.00. The topological polar surface area (TPSA) is 115 Å². The lowest BCUT2D eigenvalue weighted by Gasteiger charge is -2.09. The minimum atomic E-state index is -0.670. The first-order chi connectivity index (χ1) is 10.8. The summed E-state index contributed by atoms with van der Waals surface area (Å²) in [5.74, 6) is -1.28. The zero-order valence-corrected chi connectivity index (χ0v) is 13.7. The first-order valence-corrected chi connectivity index (χ1v) is 7.31. The quantitative estimate of drug-likeness (QED) is 0.607. The van der Waals surface area contributed by atoms with E-state index in [9.17, 15) is 19.7 Å². The largest absolute Gasteiger partial charge is 0.366 e. The lowest BCUT2D eigenvalue weighted by atomic mass is 10.1. The van der Waals surface area contributed by atoms with Gasteiger partial charge < -0.3 is 11.1 Å². The predicted octanol–water partition coefficient (Wildman–Crippen LogP) is 3.36. The number of nitrogens with zero attached hydrogens (tertiary/aromatic N) is 1. The zero-order chi connectivity index (χ0) is 17.1. The fourth-order valence-electron chi connectivity index (χ4n) is 1.76. The van der Waals surface area contributed by atoms with Crippen LogP contribution in [0.1, 0.15) is 20.7 Å². The van der Waals surface area contributed by atoms with E-state index in [1.54, 1.807) is 0 Å². The number of carbonyl (C=O) groups is 2. The van der Waals surface area contributed by atoms with Gasteiger partial charge in [0.2, 0.25) is 5.91 Å². The molecule has 2 aromatic carbocycles. The Morgan fingerprint density at radius 1 is 1.17 bits per heavy atom. The van der Waals surface area contributed by atoms with Crippen molar-refractivity contribution in [1.82, 2.24) is 0 Å². The highest BCUT2D eigenvalue weighted by Gasteiger charge is 2.17. The molecule has 0 heterocycles. The number of hydrogen-bond acceptors (Lipinski definition) is 4. The van der Waals surface area contributed by atoms with Crippen LogP contribution in [0.5, 0.6) is 0 Å². The van der Waals surface area contributed by atoms with E-state index in [1.165, 1.54) is 30.3 Å². The van der Waals surface area contributed by atoms with Crippen LogP contribution in [-0.2, 0) is 0 Å². The monoisotopic (exact) mass is 397 g/mol. The number of anilines is 1. The summed E-state index contributed by atoms with van der Waals surface area (Å²) in [5.41, 5.74) is 5.35. The van der Waals surface area contributed by atoms with Gasteiger partial charge in [0.1, 0.15) is 0 Å². The molecular formula is C14H9BrClN3O4. The van der Waals surface area contributed by atoms with Crippen LogP contribution in [0.2, 0.25) is 5.02 Å². The Morgan fingerprint density at radius 2 is 1.83 bits per heavy atom. The first kappa shape index (κ1) is 16.9. The molecule has 0 unspecified atom stereocenters. The smallest absolute Gasteiger partial charge is 0.284 e. The molecule has 0 spiro atoms. The van der Waals surface area contributed by atoms with Crippen molar-refractivity contribution in [3.05, 3.63) is 67.1 Å². The molecule has 2 rings (SSSR count). The Bertz CT molecular complexity index is 826. The molecule has 3 N–H and O–H groups in total. The molecule has 0 radical (unpaired) electrons. The van der Waals surface area contributed by atoms with E-state index in [-0.39, 0.29) is 32.0 Å². The Kier molecular flexibility index (Phi) is 4.97. The summed E-state index contributed by atoms with van der Waals surface area (Å²) in [7, 11) is 0. The standard InChI is InChI=1S/C14H9BrClN3O4/c15-9-3-1-8(6-12(9)19(22)23)14(21)18-11-5-7(13(17)20)2-4-10(11)16/h1-6H,(H2,17,20)(H,18,21). The lowest BCUT2D eigenvalue weighted by Crippen LogP contribution is -2.15. The Hall–Kier alpha value is -2.45. The van der Waals surface area contributed by atoms with Crippen molar-refractivity contribution < 1.29 is 14.5 Å². The number of amides is 2. The van der Waals surface area contributed by atoms with Gasteiger partial charge in [-0.1, -0.05) is 11.6 Å². The molecule has 0 aliphatic carbocycles. The van der Waals surface area contributed by atoms with Gasteiger partial charge in [-0.15, -0.1) is 0 Å². The summed E-state index contributed by atoms with van der Waals surface area (Å²) in [5, 5.41) is 13.6. The Labute approximate surface area is 143 Å². The molecule has 0 bridgehead atoms. The third kappa shape index (κ3) is 3.85. The van der Waals surface area contributed by atoms with Gasteiger partial charge in [0.25, 0.3) is 11.6 Å². The fraction of sp³-hybridized carbons (Fsp3) is 0. The fourth-order valence-corrected chi connectivity index (χ4v) is 2.32. The second-order valence-electron chi connectivity index (χ2n) is 4.44. The second-order valence-corrected chi connectivity index (χ2v) is 5.70. The van der Waals surface area contributed by atoms with Crippen LogP contribution < -0.4 is 11.1 Å². The van der Waals surface area contributed by atoms with Crippen LogP contribution in [0.3, 0.4) is 0 Å². The van der Waals surface area contributed by atoms with Crippen molar-refractivity contribution >= 4 is 50.7 Å². The van der Waals surface area contributed by atoms with Crippen molar-refractivity contribution in [2.45, 2.75) is 0 Å². The van der Waals surface area contributed by atoms with Gasteiger partial charge in [-0.05, 0) is 46.3 Å². The first-order valence-electron chi connectivity index (χ1n) is 6.14. The van der Waals surface area contributed by atoms with E-state index < -0.39 is 16.7 Å². The molecule has 23 heavy (non-hydrogen) atoms. The van der Waals surface area contributed by atoms with Crippen LogP contribution in [0, 0.1) is 10.1 Å². The summed E-state index contributed by atoms with van der Waals surface area (Å²) in [6.07, 6.45) is 0. The van der Waals surface area contributed by atoms with Gasteiger partial charge in [0.05, 0.1) is 20.1 Å². The molecule has 0 atom stereocenters. The number of hydrogen-bond donors (Lipinski definition) is 2. The van der Waals surface area contributed by atoms with Gasteiger partial charge in [0, 0.05) is 17.2 Å².